The molecule has 0 fully saturated rings. The van der Waals surface area contributed by atoms with Crippen LogP contribution in [-0.4, -0.2) is 38.8 Å². The minimum Gasteiger partial charge on any atom is -0.497 e. The standard InChI is InChI=1S/C31H37NO3/c1-22(2)17-29-28(18-23-9-7-6-8-10-23)27-20-31(35-5)30(34-4)19-25(27)15-16-32(29)21-24-11-13-26(33-3)14-12-24/h6-14,18-20,22,29H,15-17,21H2,1-5H3/b28-18-. The molecule has 4 rings (SSSR count). The van der Waals surface area contributed by atoms with Crippen molar-refractivity contribution in [2.45, 2.75) is 39.3 Å². The molecule has 0 bridgehead atoms. The molecule has 0 radical (unpaired) electrons. The number of rotatable bonds is 8. The normalized spacial score (nSPS) is 17.2. The van der Waals surface area contributed by atoms with Gasteiger partial charge in [-0.2, -0.15) is 0 Å². The predicted molar refractivity (Wildman–Crippen MR) is 144 cm³/mol. The molecule has 3 aromatic carbocycles. The van der Waals surface area contributed by atoms with Gasteiger partial charge in [0.2, 0.25) is 0 Å². The molecule has 0 amide bonds. The van der Waals surface area contributed by atoms with E-state index in [2.05, 4.69) is 91.6 Å². The van der Waals surface area contributed by atoms with E-state index in [1.807, 2.05) is 0 Å². The van der Waals surface area contributed by atoms with E-state index in [0.717, 1.165) is 43.2 Å². The molecule has 0 saturated carbocycles. The summed E-state index contributed by atoms with van der Waals surface area (Å²) in [6, 6.07) is 23.7. The smallest absolute Gasteiger partial charge is 0.161 e. The number of nitrogens with zero attached hydrogens (tertiary/aromatic N) is 1. The molecule has 3 aromatic rings. The van der Waals surface area contributed by atoms with Crippen LogP contribution in [0.1, 0.15) is 42.5 Å². The largest absolute Gasteiger partial charge is 0.497 e. The summed E-state index contributed by atoms with van der Waals surface area (Å²) in [5, 5.41) is 0. The van der Waals surface area contributed by atoms with Gasteiger partial charge in [-0.15, -0.1) is 0 Å². The summed E-state index contributed by atoms with van der Waals surface area (Å²) in [5.41, 5.74) is 6.40. The third-order valence-corrected chi connectivity index (χ3v) is 6.75. The zero-order chi connectivity index (χ0) is 24.8. The summed E-state index contributed by atoms with van der Waals surface area (Å²) in [5.74, 6) is 3.00. The van der Waals surface area contributed by atoms with Crippen LogP contribution in [0.3, 0.4) is 0 Å². The second kappa shape index (κ2) is 11.5. The van der Waals surface area contributed by atoms with Crippen LogP contribution >= 0.6 is 0 Å². The van der Waals surface area contributed by atoms with E-state index in [9.17, 15) is 0 Å². The number of hydrogen-bond donors (Lipinski definition) is 0. The molecule has 184 valence electrons. The van der Waals surface area contributed by atoms with Gasteiger partial charge in [0.05, 0.1) is 21.3 Å². The molecule has 0 N–H and O–H groups in total. The van der Waals surface area contributed by atoms with Crippen molar-refractivity contribution in [1.29, 1.82) is 0 Å². The summed E-state index contributed by atoms with van der Waals surface area (Å²) in [6.07, 6.45) is 4.39. The van der Waals surface area contributed by atoms with Crippen molar-refractivity contribution in [3.63, 3.8) is 0 Å². The Morgan fingerprint density at radius 1 is 0.886 bits per heavy atom. The summed E-state index contributed by atoms with van der Waals surface area (Å²) in [4.78, 5) is 2.63. The quantitative estimate of drug-likeness (QED) is 0.365. The molecular weight excluding hydrogens is 434 g/mol. The molecule has 1 atom stereocenters. The van der Waals surface area contributed by atoms with Crippen molar-refractivity contribution in [3.05, 3.63) is 89.0 Å². The first-order valence-electron chi connectivity index (χ1n) is 12.4. The SMILES string of the molecule is COc1ccc(CN2CCc3cc(OC)c(OC)cc3/C(=C/c3ccccc3)C2CC(C)C)cc1. The number of methoxy groups -OCH3 is 3. The third-order valence-electron chi connectivity index (χ3n) is 6.75. The first-order chi connectivity index (χ1) is 17.0. The Hall–Kier alpha value is -3.24. The molecular formula is C31H37NO3. The lowest BCUT2D eigenvalue weighted by molar-refractivity contribution is 0.210. The van der Waals surface area contributed by atoms with Gasteiger partial charge >= 0.3 is 0 Å². The van der Waals surface area contributed by atoms with Crippen molar-refractivity contribution in [1.82, 2.24) is 4.90 Å². The second-order valence-corrected chi connectivity index (χ2v) is 9.59. The Morgan fingerprint density at radius 2 is 1.57 bits per heavy atom. The zero-order valence-corrected chi connectivity index (χ0v) is 21.6. The number of hydrogen-bond acceptors (Lipinski definition) is 4. The maximum absolute atomic E-state index is 5.72. The molecule has 1 heterocycles. The maximum atomic E-state index is 5.72. The molecule has 35 heavy (non-hydrogen) atoms. The molecule has 0 aromatic heterocycles. The Labute approximate surface area is 210 Å². The molecule has 1 aliphatic heterocycles. The highest BCUT2D eigenvalue weighted by Crippen LogP contribution is 2.40. The van der Waals surface area contributed by atoms with E-state index in [1.165, 1.54) is 27.8 Å². The van der Waals surface area contributed by atoms with Crippen molar-refractivity contribution in [3.8, 4) is 17.2 Å². The number of benzene rings is 3. The topological polar surface area (TPSA) is 30.9 Å². The van der Waals surface area contributed by atoms with Gasteiger partial charge in [0.25, 0.3) is 0 Å². The summed E-state index contributed by atoms with van der Waals surface area (Å²) < 4.78 is 16.8. The van der Waals surface area contributed by atoms with Crippen molar-refractivity contribution < 1.29 is 14.2 Å². The fourth-order valence-corrected chi connectivity index (χ4v) is 4.97. The molecule has 1 unspecified atom stereocenters. The van der Waals surface area contributed by atoms with Gasteiger partial charge in [-0.3, -0.25) is 4.90 Å². The predicted octanol–water partition coefficient (Wildman–Crippen LogP) is 6.73. The van der Waals surface area contributed by atoms with Gasteiger partial charge in [-0.25, -0.2) is 0 Å². The monoisotopic (exact) mass is 471 g/mol. The second-order valence-electron chi connectivity index (χ2n) is 9.59. The van der Waals surface area contributed by atoms with Crippen molar-refractivity contribution in [2.75, 3.05) is 27.9 Å². The van der Waals surface area contributed by atoms with Gasteiger partial charge < -0.3 is 14.2 Å². The van der Waals surface area contributed by atoms with Crippen LogP contribution in [0, 0.1) is 5.92 Å². The van der Waals surface area contributed by atoms with E-state index in [0.29, 0.717) is 5.92 Å². The van der Waals surface area contributed by atoms with E-state index in [1.54, 1.807) is 21.3 Å². The van der Waals surface area contributed by atoms with E-state index >= 15 is 0 Å². The lowest BCUT2D eigenvalue weighted by atomic mass is 9.88. The molecule has 1 aliphatic rings. The summed E-state index contributed by atoms with van der Waals surface area (Å²) in [7, 11) is 5.13. The highest BCUT2D eigenvalue weighted by atomic mass is 16.5. The van der Waals surface area contributed by atoms with Crippen LogP contribution in [0.2, 0.25) is 0 Å². The van der Waals surface area contributed by atoms with Crippen molar-refractivity contribution >= 4 is 11.6 Å². The van der Waals surface area contributed by atoms with Gasteiger partial charge in [-0.05, 0) is 76.9 Å². The Bertz CT molecular complexity index is 1140. The summed E-state index contributed by atoms with van der Waals surface area (Å²) >= 11 is 0. The number of fused-ring (bicyclic) bond motifs is 1. The van der Waals surface area contributed by atoms with Gasteiger partial charge in [0.15, 0.2) is 11.5 Å². The maximum Gasteiger partial charge on any atom is 0.161 e. The van der Waals surface area contributed by atoms with E-state index in [4.69, 9.17) is 14.2 Å². The van der Waals surface area contributed by atoms with E-state index in [-0.39, 0.29) is 6.04 Å². The Balaban J connectivity index is 1.83. The zero-order valence-electron chi connectivity index (χ0n) is 21.6. The summed E-state index contributed by atoms with van der Waals surface area (Å²) in [6.45, 7) is 6.48. The molecule has 0 spiro atoms. The highest BCUT2D eigenvalue weighted by Gasteiger charge is 2.30. The average Bonchev–Trinajstić information content (AvgIpc) is 3.01. The molecule has 0 aliphatic carbocycles. The fraction of sp³-hybridized carbons (Fsp3) is 0.355. The number of ether oxygens (including phenoxy) is 3. The fourth-order valence-electron chi connectivity index (χ4n) is 4.97. The van der Waals surface area contributed by atoms with Crippen LogP contribution in [-0.2, 0) is 13.0 Å². The van der Waals surface area contributed by atoms with Crippen molar-refractivity contribution in [2.24, 2.45) is 5.92 Å². The lowest BCUT2D eigenvalue weighted by Gasteiger charge is -2.33. The average molecular weight is 472 g/mol. The van der Waals surface area contributed by atoms with Gasteiger partial charge in [-0.1, -0.05) is 56.3 Å². The minimum atomic E-state index is 0.275. The van der Waals surface area contributed by atoms with Gasteiger partial charge in [0, 0.05) is 19.1 Å². The van der Waals surface area contributed by atoms with E-state index < -0.39 is 0 Å². The molecule has 0 saturated heterocycles. The third kappa shape index (κ3) is 5.88. The molecule has 4 heteroatoms. The Kier molecular flexibility index (Phi) is 8.14. The van der Waals surface area contributed by atoms with Crippen LogP contribution < -0.4 is 14.2 Å². The van der Waals surface area contributed by atoms with Crippen LogP contribution in [0.25, 0.3) is 11.6 Å². The highest BCUT2D eigenvalue weighted by molar-refractivity contribution is 5.87. The van der Waals surface area contributed by atoms with Crippen LogP contribution in [0.4, 0.5) is 0 Å². The lowest BCUT2D eigenvalue weighted by Crippen LogP contribution is -2.36. The first kappa shape index (κ1) is 24.9. The molecule has 4 nitrogen and oxygen atoms in total. The van der Waals surface area contributed by atoms with Crippen LogP contribution in [0.15, 0.2) is 66.7 Å². The minimum absolute atomic E-state index is 0.275. The van der Waals surface area contributed by atoms with Crippen LogP contribution in [0.5, 0.6) is 17.2 Å². The van der Waals surface area contributed by atoms with Gasteiger partial charge in [0.1, 0.15) is 5.75 Å². The Morgan fingerprint density at radius 3 is 2.20 bits per heavy atom. The first-order valence-corrected chi connectivity index (χ1v) is 12.4.